The summed E-state index contributed by atoms with van der Waals surface area (Å²) in [4.78, 5) is 17.0. The Morgan fingerprint density at radius 1 is 1.30 bits per heavy atom. The number of amides is 1. The summed E-state index contributed by atoms with van der Waals surface area (Å²) in [5.41, 5.74) is 1.39. The van der Waals surface area contributed by atoms with Gasteiger partial charge in [-0.2, -0.15) is 0 Å². The van der Waals surface area contributed by atoms with Gasteiger partial charge in [-0.25, -0.2) is 4.99 Å². The highest BCUT2D eigenvalue weighted by Gasteiger charge is 2.16. The number of carbonyl (C=O) groups is 1. The molecule has 0 saturated carbocycles. The van der Waals surface area contributed by atoms with Crippen LogP contribution in [-0.2, 0) is 16.0 Å². The molecule has 1 fully saturated rings. The van der Waals surface area contributed by atoms with Crippen molar-refractivity contribution in [3.05, 3.63) is 35.4 Å². The zero-order chi connectivity index (χ0) is 21.8. The Bertz CT molecular complexity index is 679. The molecule has 1 aromatic carbocycles. The van der Waals surface area contributed by atoms with E-state index in [-0.39, 0.29) is 11.4 Å². The zero-order valence-corrected chi connectivity index (χ0v) is 18.9. The normalized spacial score (nSPS) is 17.1. The second-order valence-electron chi connectivity index (χ2n) is 8.68. The second-order valence-corrected chi connectivity index (χ2v) is 8.68. The topological polar surface area (TPSA) is 84.0 Å². The van der Waals surface area contributed by atoms with Gasteiger partial charge in [0, 0.05) is 43.3 Å². The predicted octanol–water partition coefficient (Wildman–Crippen LogP) is 2.71. The third kappa shape index (κ3) is 9.59. The molecule has 168 valence electrons. The van der Waals surface area contributed by atoms with Crippen LogP contribution >= 0.6 is 0 Å². The maximum absolute atomic E-state index is 12.4. The Morgan fingerprint density at radius 3 is 2.83 bits per heavy atom. The van der Waals surface area contributed by atoms with E-state index in [2.05, 4.69) is 20.9 Å². The highest BCUT2D eigenvalue weighted by atomic mass is 16.5. The second kappa shape index (κ2) is 12.5. The smallest absolute Gasteiger partial charge is 0.251 e. The minimum atomic E-state index is -0.262. The lowest BCUT2D eigenvalue weighted by Gasteiger charge is -2.20. The monoisotopic (exact) mass is 418 g/mol. The van der Waals surface area contributed by atoms with Gasteiger partial charge >= 0.3 is 0 Å². The first-order valence-electron chi connectivity index (χ1n) is 11.0. The fraction of sp³-hybridized carbons (Fsp3) is 0.652. The molecule has 1 aliphatic heterocycles. The van der Waals surface area contributed by atoms with Crippen LogP contribution in [0.15, 0.2) is 29.3 Å². The summed E-state index contributed by atoms with van der Waals surface area (Å²) < 4.78 is 11.1. The summed E-state index contributed by atoms with van der Waals surface area (Å²) >= 11 is 0. The molecule has 1 saturated heterocycles. The molecule has 1 amide bonds. The number of nitrogens with zero attached hydrogens (tertiary/aromatic N) is 1. The van der Waals surface area contributed by atoms with E-state index in [1.54, 1.807) is 0 Å². The van der Waals surface area contributed by atoms with Gasteiger partial charge in [0.25, 0.3) is 5.91 Å². The first kappa shape index (κ1) is 24.2. The summed E-state index contributed by atoms with van der Waals surface area (Å²) in [5, 5.41) is 9.59. The number of ether oxygens (including phenoxy) is 2. The van der Waals surface area contributed by atoms with Crippen molar-refractivity contribution in [2.75, 3.05) is 39.5 Å². The average molecular weight is 419 g/mol. The first-order chi connectivity index (χ1) is 14.4. The molecule has 3 N–H and O–H groups in total. The van der Waals surface area contributed by atoms with Crippen LogP contribution in [0.25, 0.3) is 0 Å². The van der Waals surface area contributed by atoms with E-state index in [4.69, 9.17) is 9.47 Å². The van der Waals surface area contributed by atoms with Gasteiger partial charge in [-0.05, 0) is 58.2 Å². The Balaban J connectivity index is 1.77. The van der Waals surface area contributed by atoms with Crippen molar-refractivity contribution in [3.63, 3.8) is 0 Å². The van der Waals surface area contributed by atoms with Gasteiger partial charge in [0.1, 0.15) is 0 Å². The van der Waals surface area contributed by atoms with Crippen molar-refractivity contribution in [2.24, 2.45) is 10.9 Å². The summed E-state index contributed by atoms with van der Waals surface area (Å²) in [6, 6.07) is 7.61. The number of rotatable bonds is 10. The van der Waals surface area contributed by atoms with Crippen molar-refractivity contribution in [3.8, 4) is 0 Å². The van der Waals surface area contributed by atoms with Crippen molar-refractivity contribution >= 4 is 11.9 Å². The maximum atomic E-state index is 12.4. The number of hydrogen-bond acceptors (Lipinski definition) is 4. The van der Waals surface area contributed by atoms with Gasteiger partial charge in [0.15, 0.2) is 5.96 Å². The van der Waals surface area contributed by atoms with Gasteiger partial charge in [-0.3, -0.25) is 4.79 Å². The Morgan fingerprint density at radius 2 is 2.13 bits per heavy atom. The Hall–Kier alpha value is -2.12. The van der Waals surface area contributed by atoms with Gasteiger partial charge < -0.3 is 25.4 Å². The third-order valence-corrected chi connectivity index (χ3v) is 4.58. The van der Waals surface area contributed by atoms with E-state index in [1.165, 1.54) is 0 Å². The van der Waals surface area contributed by atoms with Gasteiger partial charge in [-0.1, -0.05) is 12.1 Å². The van der Waals surface area contributed by atoms with Gasteiger partial charge in [0.2, 0.25) is 0 Å². The minimum Gasteiger partial charge on any atom is -0.381 e. The highest BCUT2D eigenvalue weighted by Crippen LogP contribution is 2.12. The maximum Gasteiger partial charge on any atom is 0.251 e. The molecule has 0 aromatic heterocycles. The Labute approximate surface area is 181 Å². The number of nitrogens with one attached hydrogen (secondary N) is 3. The molecule has 0 spiro atoms. The van der Waals surface area contributed by atoms with E-state index in [0.717, 1.165) is 63.9 Å². The molecule has 7 heteroatoms. The van der Waals surface area contributed by atoms with Crippen molar-refractivity contribution in [2.45, 2.75) is 52.6 Å². The van der Waals surface area contributed by atoms with E-state index in [1.807, 2.05) is 52.0 Å². The van der Waals surface area contributed by atoms with Crippen LogP contribution in [0, 0.1) is 5.92 Å². The number of carbonyl (C=O) groups excluding carboxylic acids is 1. The predicted molar refractivity (Wildman–Crippen MR) is 121 cm³/mol. The molecule has 1 aliphatic rings. The molecule has 30 heavy (non-hydrogen) atoms. The molecule has 1 atom stereocenters. The molecule has 1 heterocycles. The Kier molecular flexibility index (Phi) is 10.1. The quantitative estimate of drug-likeness (QED) is 0.309. The van der Waals surface area contributed by atoms with Crippen LogP contribution in [0.4, 0.5) is 0 Å². The number of aliphatic imine (C=N–C) groups is 1. The molecule has 2 rings (SSSR count). The van der Waals surface area contributed by atoms with Crippen molar-refractivity contribution < 1.29 is 14.3 Å². The fourth-order valence-corrected chi connectivity index (χ4v) is 3.08. The van der Waals surface area contributed by atoms with E-state index in [9.17, 15) is 4.79 Å². The van der Waals surface area contributed by atoms with Gasteiger partial charge in [-0.15, -0.1) is 0 Å². The number of guanidine groups is 1. The summed E-state index contributed by atoms with van der Waals surface area (Å²) in [7, 11) is 0. The number of hydrogen-bond donors (Lipinski definition) is 3. The largest absolute Gasteiger partial charge is 0.381 e. The SMILES string of the molecule is CCNC(=NCc1cccc(C(=O)NC(C)(C)C)c1)NCCCOCC1CCOC1. The fourth-order valence-electron chi connectivity index (χ4n) is 3.08. The van der Waals surface area contributed by atoms with Crippen LogP contribution < -0.4 is 16.0 Å². The molecular formula is C23H38N4O3. The van der Waals surface area contributed by atoms with Crippen molar-refractivity contribution in [1.82, 2.24) is 16.0 Å². The zero-order valence-electron chi connectivity index (χ0n) is 18.9. The molecule has 1 unspecified atom stereocenters. The van der Waals surface area contributed by atoms with Crippen LogP contribution in [0.2, 0.25) is 0 Å². The molecule has 0 radical (unpaired) electrons. The standard InChI is InChI=1S/C23H38N4O3/c1-5-24-22(25-11-7-12-29-16-19-10-13-30-17-19)26-15-18-8-6-9-20(14-18)21(28)27-23(2,3)4/h6,8-9,14,19H,5,7,10-13,15-17H2,1-4H3,(H,27,28)(H2,24,25,26). The number of benzene rings is 1. The van der Waals surface area contributed by atoms with Crippen LogP contribution in [-0.4, -0.2) is 56.9 Å². The van der Waals surface area contributed by atoms with E-state index in [0.29, 0.717) is 18.0 Å². The summed E-state index contributed by atoms with van der Waals surface area (Å²) in [5.74, 6) is 1.26. The highest BCUT2D eigenvalue weighted by molar-refractivity contribution is 5.94. The van der Waals surface area contributed by atoms with Crippen molar-refractivity contribution in [1.29, 1.82) is 0 Å². The van der Waals surface area contributed by atoms with Crippen LogP contribution in [0.5, 0.6) is 0 Å². The lowest BCUT2D eigenvalue weighted by atomic mass is 10.1. The van der Waals surface area contributed by atoms with Crippen LogP contribution in [0.3, 0.4) is 0 Å². The minimum absolute atomic E-state index is 0.0671. The van der Waals surface area contributed by atoms with E-state index >= 15 is 0 Å². The molecular weight excluding hydrogens is 380 g/mol. The first-order valence-corrected chi connectivity index (χ1v) is 11.0. The third-order valence-electron chi connectivity index (χ3n) is 4.58. The van der Waals surface area contributed by atoms with E-state index < -0.39 is 0 Å². The summed E-state index contributed by atoms with van der Waals surface area (Å²) in [6.07, 6.45) is 2.02. The molecule has 1 aromatic rings. The molecule has 7 nitrogen and oxygen atoms in total. The summed E-state index contributed by atoms with van der Waals surface area (Å²) in [6.45, 7) is 13.3. The molecule has 0 aliphatic carbocycles. The molecule has 0 bridgehead atoms. The lowest BCUT2D eigenvalue weighted by Crippen LogP contribution is -2.40. The van der Waals surface area contributed by atoms with Crippen LogP contribution in [0.1, 0.15) is 56.5 Å². The lowest BCUT2D eigenvalue weighted by molar-refractivity contribution is 0.0887. The average Bonchev–Trinajstić information content (AvgIpc) is 3.21. The van der Waals surface area contributed by atoms with Gasteiger partial charge in [0.05, 0.1) is 19.8 Å².